The van der Waals surface area contributed by atoms with Gasteiger partial charge in [0, 0.05) is 63.2 Å². The molecule has 0 aliphatic carbocycles. The largest absolute Gasteiger partial charge is 0.481 e. The van der Waals surface area contributed by atoms with Gasteiger partial charge < -0.3 is 61.9 Å². The summed E-state index contributed by atoms with van der Waals surface area (Å²) in [6, 6.07) is 22.8. The van der Waals surface area contributed by atoms with Crippen molar-refractivity contribution >= 4 is 71.7 Å². The normalized spacial score (nSPS) is 13.6. The van der Waals surface area contributed by atoms with Gasteiger partial charge in [0.1, 0.15) is 47.6 Å². The maximum Gasteiger partial charge on any atom is 0.408 e. The minimum atomic E-state index is -2.89. The number of hydrogen-bond donors (Lipinski definition) is 9. The number of primary amides is 1. The number of fused-ring (bicyclic) bond motifs is 1. The predicted octanol–water partition coefficient (Wildman–Crippen LogP) is 4.28. The van der Waals surface area contributed by atoms with Crippen LogP contribution in [0.4, 0.5) is 4.79 Å². The van der Waals surface area contributed by atoms with Crippen LogP contribution in [0.5, 0.6) is 5.75 Å². The number of aromatic nitrogens is 1. The number of nitrogens with two attached hydrogens (primary N) is 1. The van der Waals surface area contributed by atoms with Gasteiger partial charge in [-0.15, -0.1) is 0 Å². The zero-order valence-corrected chi connectivity index (χ0v) is 47.5. The maximum absolute atomic E-state index is 14.8. The first-order chi connectivity index (χ1) is 38.3. The number of hydrogen-bond acceptors (Lipinski definition) is 12. The molecule has 0 fully saturated rings. The molecule has 8 amide bonds. The Bertz CT molecular complexity index is 3040. The number of H-pyrrole nitrogens is 1. The van der Waals surface area contributed by atoms with Crippen molar-refractivity contribution in [3.63, 3.8) is 0 Å². The number of aromatic amines is 1. The van der Waals surface area contributed by atoms with Crippen molar-refractivity contribution in [1.82, 2.24) is 41.8 Å². The Morgan fingerprint density at radius 2 is 1.19 bits per heavy atom. The first-order valence-corrected chi connectivity index (χ1v) is 29.0. The van der Waals surface area contributed by atoms with Crippen LogP contribution in [0.25, 0.3) is 10.9 Å². The zero-order chi connectivity index (χ0) is 59.4. The second-order valence-electron chi connectivity index (χ2n) is 21.0. The molecule has 23 heteroatoms. The van der Waals surface area contributed by atoms with Gasteiger partial charge in [-0.05, 0) is 67.6 Å². The fourth-order valence-corrected chi connectivity index (χ4v) is 9.35. The van der Waals surface area contributed by atoms with E-state index in [4.69, 9.17) is 15.0 Å². The topological polar surface area (TPSA) is 327 Å². The summed E-state index contributed by atoms with van der Waals surface area (Å²) in [5.74, 6) is -7.02. The van der Waals surface area contributed by atoms with Crippen molar-refractivity contribution in [2.45, 2.75) is 121 Å². The summed E-state index contributed by atoms with van der Waals surface area (Å²) in [4.78, 5) is 127. The number of alkyl carbamates (subject to hydrolysis) is 1. The van der Waals surface area contributed by atoms with Crippen LogP contribution in [-0.4, -0.2) is 137 Å². The number of aliphatic carboxylic acids is 1. The van der Waals surface area contributed by atoms with Crippen LogP contribution in [-0.2, 0) is 73.3 Å². The number of carbonyl (C=O) groups is 9. The lowest BCUT2D eigenvalue weighted by atomic mass is 10.0. The number of likely N-dealkylation sites (N-methyl/N-ethyl adjacent to an activating group) is 1. The SMILES string of the molecule is CCCCC(C(=O)NC(CC(=O)O)C(=O)NC(Cc1ccccc1)C(N)=O)N(C)C(=O)C(Cc1c[nH]c2ccccc12)NC(=O)CNC(=O)C(Cc1ccccc1)NC(=O)C(Cc1ccc(OP(C)(C)=O)cc1)NC(=O)OC(C)(C)C. The van der Waals surface area contributed by atoms with Gasteiger partial charge in [0.2, 0.25) is 48.7 Å². The van der Waals surface area contributed by atoms with Crippen LogP contribution in [0.3, 0.4) is 0 Å². The number of rotatable bonds is 29. The minimum Gasteiger partial charge on any atom is -0.481 e. The predicted molar refractivity (Wildman–Crippen MR) is 304 cm³/mol. The summed E-state index contributed by atoms with van der Waals surface area (Å²) >= 11 is 0. The molecule has 5 aromatic rings. The number of nitrogens with zero attached hydrogens (tertiary/aromatic N) is 1. The summed E-state index contributed by atoms with van der Waals surface area (Å²) in [7, 11) is -1.54. The van der Waals surface area contributed by atoms with Crippen molar-refractivity contribution in [2.24, 2.45) is 5.73 Å². The summed E-state index contributed by atoms with van der Waals surface area (Å²) < 4.78 is 23.3. The quantitative estimate of drug-likeness (QED) is 0.0303. The molecule has 6 atom stereocenters. The third kappa shape index (κ3) is 20.9. The molecule has 0 aliphatic rings. The number of unbranched alkanes of at least 4 members (excludes halogenated alkanes) is 1. The Hall–Kier alpha value is -8.52. The van der Waals surface area contributed by atoms with Crippen molar-refractivity contribution in [1.29, 1.82) is 0 Å². The summed E-state index contributed by atoms with van der Waals surface area (Å²) in [6.45, 7) is 9.06. The average molecular weight is 1140 g/mol. The lowest BCUT2D eigenvalue weighted by Gasteiger charge is -2.32. The van der Waals surface area contributed by atoms with E-state index in [2.05, 4.69) is 36.9 Å². The first kappa shape index (κ1) is 63.3. The van der Waals surface area contributed by atoms with Crippen molar-refractivity contribution in [2.75, 3.05) is 26.9 Å². The van der Waals surface area contributed by atoms with E-state index >= 15 is 0 Å². The van der Waals surface area contributed by atoms with Crippen LogP contribution in [0.2, 0.25) is 0 Å². The molecule has 22 nitrogen and oxygen atoms in total. The highest BCUT2D eigenvalue weighted by Gasteiger charge is 2.36. The zero-order valence-electron chi connectivity index (χ0n) is 46.6. The molecule has 0 spiro atoms. The number of carbonyl (C=O) groups excluding carboxylic acids is 8. The highest BCUT2D eigenvalue weighted by atomic mass is 31.2. The Morgan fingerprint density at radius 1 is 0.654 bits per heavy atom. The van der Waals surface area contributed by atoms with E-state index in [1.54, 1.807) is 118 Å². The van der Waals surface area contributed by atoms with E-state index < -0.39 is 116 Å². The Kier molecular flexibility index (Phi) is 23.2. The Balaban J connectivity index is 1.38. The molecule has 0 saturated carbocycles. The highest BCUT2D eigenvalue weighted by molar-refractivity contribution is 7.57. The fourth-order valence-electron chi connectivity index (χ4n) is 8.72. The molecule has 4 aromatic carbocycles. The standard InChI is InChI=1S/C58H74N9O13P/c1-8-9-24-48(55(75)65-46(33-50(69)70)54(74)63-43(51(59)71)29-36-18-12-10-13-19-36)67(5)56(76)47(32-39-34-60-42-23-17-16-22-41(39)42)62-49(68)35-61-52(72)44(30-37-20-14-11-15-21-37)64-53(73)45(66-57(77)79-58(2,3)4)31-38-25-27-40(28-26-38)80-81(6,7)78/h10-23,25-28,34,43-48,60H,8-9,24,29-33,35H2,1-7H3,(H2,59,71)(H,61,72)(H,62,68)(H,63,74)(H,64,73)(H,65,75)(H,66,77)(H,69,70). The van der Waals surface area contributed by atoms with E-state index in [1.807, 2.05) is 25.1 Å². The number of nitrogens with one attached hydrogen (secondary N) is 7. The monoisotopic (exact) mass is 1140 g/mol. The molecule has 1 heterocycles. The van der Waals surface area contributed by atoms with Gasteiger partial charge in [-0.2, -0.15) is 0 Å². The average Bonchev–Trinajstić information content (AvgIpc) is 3.86. The number of amides is 8. The van der Waals surface area contributed by atoms with E-state index in [0.29, 0.717) is 40.8 Å². The second-order valence-corrected chi connectivity index (χ2v) is 23.6. The maximum atomic E-state index is 14.8. The number of carboxylic acid groups (broad SMARTS) is 1. The van der Waals surface area contributed by atoms with Gasteiger partial charge in [-0.3, -0.25) is 42.9 Å². The number of carboxylic acids is 1. The van der Waals surface area contributed by atoms with Crippen LogP contribution < -0.4 is 42.2 Å². The molecule has 0 bridgehead atoms. The van der Waals surface area contributed by atoms with Gasteiger partial charge in [0.15, 0.2) is 0 Å². The number of benzene rings is 4. The smallest absolute Gasteiger partial charge is 0.408 e. The molecular weight excluding hydrogens is 1060 g/mol. The molecule has 434 valence electrons. The van der Waals surface area contributed by atoms with E-state index in [-0.39, 0.29) is 32.1 Å². The first-order valence-electron chi connectivity index (χ1n) is 26.5. The van der Waals surface area contributed by atoms with E-state index in [9.17, 15) is 52.8 Å². The molecule has 10 N–H and O–H groups in total. The fraction of sp³-hybridized carbons (Fsp3) is 0.397. The van der Waals surface area contributed by atoms with Gasteiger partial charge >= 0.3 is 12.1 Å². The minimum absolute atomic E-state index is 0.0150. The molecule has 0 saturated heterocycles. The number of para-hydroxylation sites is 1. The Labute approximate surface area is 470 Å². The van der Waals surface area contributed by atoms with E-state index in [1.165, 1.54) is 20.4 Å². The van der Waals surface area contributed by atoms with Crippen LogP contribution in [0, 0.1) is 0 Å². The molecule has 0 aliphatic heterocycles. The summed E-state index contributed by atoms with van der Waals surface area (Å²) in [6.07, 6.45) is 0.667. The van der Waals surface area contributed by atoms with Crippen LogP contribution in [0.15, 0.2) is 115 Å². The van der Waals surface area contributed by atoms with E-state index in [0.717, 1.165) is 15.8 Å². The lowest BCUT2D eigenvalue weighted by molar-refractivity contribution is -0.144. The molecule has 1 aromatic heterocycles. The summed E-state index contributed by atoms with van der Waals surface area (Å²) in [5, 5.41) is 26.2. The van der Waals surface area contributed by atoms with Crippen LogP contribution in [0.1, 0.15) is 75.6 Å². The van der Waals surface area contributed by atoms with Crippen molar-refractivity contribution in [3.8, 4) is 5.75 Å². The molecular formula is C58H74N9O13P. The molecule has 6 unspecified atom stereocenters. The highest BCUT2D eigenvalue weighted by Crippen LogP contribution is 2.38. The molecule has 81 heavy (non-hydrogen) atoms. The van der Waals surface area contributed by atoms with Crippen molar-refractivity contribution < 1.29 is 62.1 Å². The summed E-state index contributed by atoms with van der Waals surface area (Å²) in [5.41, 5.74) is 7.92. The van der Waals surface area contributed by atoms with Gasteiger partial charge in [0.05, 0.1) is 13.0 Å². The van der Waals surface area contributed by atoms with Gasteiger partial charge in [-0.25, -0.2) is 4.79 Å². The third-order valence-electron chi connectivity index (χ3n) is 12.7. The van der Waals surface area contributed by atoms with Crippen LogP contribution >= 0.6 is 7.37 Å². The van der Waals surface area contributed by atoms with Crippen molar-refractivity contribution in [3.05, 3.63) is 138 Å². The lowest BCUT2D eigenvalue weighted by Crippen LogP contribution is -2.59. The second kappa shape index (κ2) is 29.6. The Morgan fingerprint density at radius 3 is 1.75 bits per heavy atom. The third-order valence-corrected chi connectivity index (χ3v) is 13.3. The molecule has 0 radical (unpaired) electrons. The van der Waals surface area contributed by atoms with Gasteiger partial charge in [0.25, 0.3) is 0 Å². The number of ether oxygens (including phenoxy) is 1. The van der Waals surface area contributed by atoms with Gasteiger partial charge in [-0.1, -0.05) is 111 Å². The molecule has 5 rings (SSSR count).